The monoisotopic (exact) mass is 404 g/mol. The minimum absolute atomic E-state index is 0.0665. The van der Waals surface area contributed by atoms with Crippen LogP contribution >= 0.6 is 0 Å². The summed E-state index contributed by atoms with van der Waals surface area (Å²) in [5.41, 5.74) is 0.734. The zero-order valence-electron chi connectivity index (χ0n) is 18.8. The van der Waals surface area contributed by atoms with Gasteiger partial charge in [0.2, 0.25) is 5.91 Å². The first-order valence-corrected chi connectivity index (χ1v) is 10.3. The maximum Gasteiger partial charge on any atom is 0.244 e. The van der Waals surface area contributed by atoms with Crippen molar-refractivity contribution in [2.45, 2.75) is 65.4 Å². The van der Waals surface area contributed by atoms with Gasteiger partial charge in [-0.25, -0.2) is 0 Å². The van der Waals surface area contributed by atoms with E-state index < -0.39 is 0 Å². The quantitative estimate of drug-likeness (QED) is 0.672. The Morgan fingerprint density at radius 1 is 1.28 bits per heavy atom. The second-order valence-corrected chi connectivity index (χ2v) is 8.60. The van der Waals surface area contributed by atoms with Gasteiger partial charge in [0.05, 0.1) is 25.4 Å². The molecule has 6 heteroatoms. The van der Waals surface area contributed by atoms with Crippen LogP contribution in [0.5, 0.6) is 11.5 Å². The minimum atomic E-state index is -0.144. The van der Waals surface area contributed by atoms with E-state index in [1.165, 1.54) is 0 Å². The number of rotatable bonds is 8. The van der Waals surface area contributed by atoms with Gasteiger partial charge in [0.15, 0.2) is 11.5 Å². The zero-order valence-corrected chi connectivity index (χ0v) is 18.8. The number of carbonyl (C=O) groups is 1. The van der Waals surface area contributed by atoms with Crippen LogP contribution in [0, 0.1) is 0 Å². The predicted molar refractivity (Wildman–Crippen MR) is 116 cm³/mol. The zero-order chi connectivity index (χ0) is 21.6. The number of hydrogen-bond acceptors (Lipinski definition) is 5. The lowest BCUT2D eigenvalue weighted by Crippen LogP contribution is -2.58. The maximum absolute atomic E-state index is 12.3. The molecule has 0 spiro atoms. The minimum Gasteiger partial charge on any atom is -0.493 e. The Labute approximate surface area is 175 Å². The van der Waals surface area contributed by atoms with Crippen molar-refractivity contribution >= 4 is 12.0 Å². The van der Waals surface area contributed by atoms with E-state index in [9.17, 15) is 4.79 Å². The molecule has 162 valence electrons. The van der Waals surface area contributed by atoms with Gasteiger partial charge in [-0.1, -0.05) is 6.07 Å². The van der Waals surface area contributed by atoms with E-state index in [2.05, 4.69) is 37.9 Å². The topological polar surface area (TPSA) is 60.0 Å². The van der Waals surface area contributed by atoms with Crippen LogP contribution in [-0.2, 0) is 9.53 Å². The first kappa shape index (κ1) is 23.2. The Kier molecular flexibility index (Phi) is 8.11. The molecule has 0 aliphatic carbocycles. The second kappa shape index (κ2) is 10.1. The fourth-order valence-electron chi connectivity index (χ4n) is 3.46. The average molecular weight is 405 g/mol. The molecule has 1 N–H and O–H groups in total. The summed E-state index contributed by atoms with van der Waals surface area (Å²) in [5, 5.41) is 3.02. The number of methoxy groups -OCH3 is 1. The standard InChI is InChI=1S/C23H36N2O4/c1-16(2)28-20-10-8-19(12-21(20)27-7)9-11-22(26)24-15-23(5,6)25-13-17(3)29-18(4)14-25/h8-12,16-18H,13-15H2,1-7H3,(H,24,26). The van der Waals surface area contributed by atoms with Gasteiger partial charge in [0, 0.05) is 31.2 Å². The molecule has 1 fully saturated rings. The van der Waals surface area contributed by atoms with Gasteiger partial charge in [-0.3, -0.25) is 9.69 Å². The predicted octanol–water partition coefficient (Wildman–Crippen LogP) is 3.50. The third-order valence-corrected chi connectivity index (χ3v) is 4.95. The van der Waals surface area contributed by atoms with Crippen molar-refractivity contribution in [1.82, 2.24) is 10.2 Å². The van der Waals surface area contributed by atoms with E-state index in [0.29, 0.717) is 18.0 Å². The third kappa shape index (κ3) is 7.05. The number of ether oxygens (including phenoxy) is 3. The smallest absolute Gasteiger partial charge is 0.244 e. The fourth-order valence-corrected chi connectivity index (χ4v) is 3.46. The summed E-state index contributed by atoms with van der Waals surface area (Å²) in [5.74, 6) is 1.23. The van der Waals surface area contributed by atoms with Crippen LogP contribution in [0.3, 0.4) is 0 Å². The molecule has 1 aliphatic heterocycles. The molecule has 2 rings (SSSR count). The summed E-state index contributed by atoms with van der Waals surface area (Å²) in [6, 6.07) is 5.63. The summed E-state index contributed by atoms with van der Waals surface area (Å²) in [6.45, 7) is 14.7. The number of hydrogen-bond donors (Lipinski definition) is 1. The molecular formula is C23H36N2O4. The van der Waals surface area contributed by atoms with Crippen molar-refractivity contribution in [2.24, 2.45) is 0 Å². The Hall–Kier alpha value is -2.05. The highest BCUT2D eigenvalue weighted by atomic mass is 16.5. The SMILES string of the molecule is COc1cc(C=CC(=O)NCC(C)(C)N2CC(C)OC(C)C2)ccc1OC(C)C. The number of benzene rings is 1. The highest BCUT2D eigenvalue weighted by Gasteiger charge is 2.33. The summed E-state index contributed by atoms with van der Waals surface area (Å²) in [4.78, 5) is 14.7. The fraction of sp³-hybridized carbons (Fsp3) is 0.609. The molecule has 1 aromatic rings. The van der Waals surface area contributed by atoms with Crippen molar-refractivity contribution in [3.63, 3.8) is 0 Å². The number of nitrogens with one attached hydrogen (secondary N) is 1. The van der Waals surface area contributed by atoms with Gasteiger partial charge in [0.1, 0.15) is 0 Å². The van der Waals surface area contributed by atoms with Crippen molar-refractivity contribution in [2.75, 3.05) is 26.7 Å². The van der Waals surface area contributed by atoms with Crippen LogP contribution in [0.1, 0.15) is 47.1 Å². The molecule has 0 aromatic heterocycles. The number of amides is 1. The normalized spacial score (nSPS) is 20.8. The molecule has 2 unspecified atom stereocenters. The van der Waals surface area contributed by atoms with E-state index >= 15 is 0 Å². The lowest BCUT2D eigenvalue weighted by molar-refractivity contribution is -0.118. The summed E-state index contributed by atoms with van der Waals surface area (Å²) in [7, 11) is 1.61. The van der Waals surface area contributed by atoms with Gasteiger partial charge in [-0.2, -0.15) is 0 Å². The van der Waals surface area contributed by atoms with Crippen molar-refractivity contribution in [3.05, 3.63) is 29.8 Å². The molecule has 0 bridgehead atoms. The van der Waals surface area contributed by atoms with Crippen LogP contribution in [0.15, 0.2) is 24.3 Å². The number of nitrogens with zero attached hydrogens (tertiary/aromatic N) is 1. The highest BCUT2D eigenvalue weighted by Crippen LogP contribution is 2.29. The van der Waals surface area contributed by atoms with Crippen molar-refractivity contribution in [1.29, 1.82) is 0 Å². The Morgan fingerprint density at radius 3 is 2.52 bits per heavy atom. The van der Waals surface area contributed by atoms with Gasteiger partial charge < -0.3 is 19.5 Å². The van der Waals surface area contributed by atoms with Gasteiger partial charge in [-0.05, 0) is 65.3 Å². The number of morpholine rings is 1. The van der Waals surface area contributed by atoms with Gasteiger partial charge in [-0.15, -0.1) is 0 Å². The summed E-state index contributed by atoms with van der Waals surface area (Å²) >= 11 is 0. The van der Waals surface area contributed by atoms with Crippen molar-refractivity contribution in [3.8, 4) is 11.5 Å². The second-order valence-electron chi connectivity index (χ2n) is 8.60. The Morgan fingerprint density at radius 2 is 1.93 bits per heavy atom. The lowest BCUT2D eigenvalue weighted by Gasteiger charge is -2.45. The van der Waals surface area contributed by atoms with Crippen LogP contribution in [0.2, 0.25) is 0 Å². The average Bonchev–Trinajstić information content (AvgIpc) is 2.64. The molecule has 0 saturated carbocycles. The first-order chi connectivity index (χ1) is 13.6. The summed E-state index contributed by atoms with van der Waals surface area (Å²) in [6.07, 6.45) is 3.80. The van der Waals surface area contributed by atoms with E-state index in [4.69, 9.17) is 14.2 Å². The molecule has 1 aliphatic rings. The van der Waals surface area contributed by atoms with Crippen LogP contribution in [0.4, 0.5) is 0 Å². The van der Waals surface area contributed by atoms with Crippen molar-refractivity contribution < 1.29 is 19.0 Å². The van der Waals surface area contributed by atoms with Gasteiger partial charge in [0.25, 0.3) is 0 Å². The highest BCUT2D eigenvalue weighted by molar-refractivity contribution is 5.91. The van der Waals surface area contributed by atoms with Crippen LogP contribution in [-0.4, -0.2) is 61.4 Å². The Bertz CT molecular complexity index is 705. The van der Waals surface area contributed by atoms with Gasteiger partial charge >= 0.3 is 0 Å². The van der Waals surface area contributed by atoms with E-state index in [0.717, 1.165) is 18.7 Å². The molecule has 29 heavy (non-hydrogen) atoms. The maximum atomic E-state index is 12.3. The molecule has 0 radical (unpaired) electrons. The molecule has 1 saturated heterocycles. The van der Waals surface area contributed by atoms with E-state index in [1.807, 2.05) is 32.0 Å². The third-order valence-electron chi connectivity index (χ3n) is 4.95. The summed E-state index contributed by atoms with van der Waals surface area (Å²) < 4.78 is 16.9. The molecule has 6 nitrogen and oxygen atoms in total. The Balaban J connectivity index is 1.93. The molecule has 2 atom stereocenters. The molecule has 1 heterocycles. The molecular weight excluding hydrogens is 368 g/mol. The molecule has 1 aromatic carbocycles. The lowest BCUT2D eigenvalue weighted by atomic mass is 10.00. The van der Waals surface area contributed by atoms with Crippen LogP contribution < -0.4 is 14.8 Å². The molecule has 1 amide bonds. The van der Waals surface area contributed by atoms with Crippen LogP contribution in [0.25, 0.3) is 6.08 Å². The largest absolute Gasteiger partial charge is 0.493 e. The first-order valence-electron chi connectivity index (χ1n) is 10.3. The number of carbonyl (C=O) groups excluding carboxylic acids is 1. The van der Waals surface area contributed by atoms with E-state index in [1.54, 1.807) is 19.3 Å². The van der Waals surface area contributed by atoms with E-state index in [-0.39, 0.29) is 29.8 Å².